The maximum Gasteiger partial charge on any atom is 0.161 e. The number of thiazole rings is 1. The molecule has 0 aliphatic carbocycles. The molecule has 1 aliphatic rings. The fraction of sp³-hybridized carbons (Fsp3) is 0.357. The molecule has 0 radical (unpaired) electrons. The van der Waals surface area contributed by atoms with E-state index >= 15 is 0 Å². The number of fused-ring (bicyclic) bond motifs is 1. The zero-order valence-corrected chi connectivity index (χ0v) is 11.2. The second-order valence-corrected chi connectivity index (χ2v) is 5.36. The fourth-order valence-corrected chi connectivity index (χ4v) is 2.71. The van der Waals surface area contributed by atoms with Crippen LogP contribution in [0.15, 0.2) is 29.8 Å². The molecule has 19 heavy (non-hydrogen) atoms. The van der Waals surface area contributed by atoms with Crippen LogP contribution in [0, 0.1) is 0 Å². The summed E-state index contributed by atoms with van der Waals surface area (Å²) >= 11 is 1.62. The van der Waals surface area contributed by atoms with Crippen LogP contribution in [0.4, 0.5) is 0 Å². The van der Waals surface area contributed by atoms with E-state index in [9.17, 15) is 5.11 Å². The van der Waals surface area contributed by atoms with Crippen LogP contribution >= 0.6 is 11.3 Å². The van der Waals surface area contributed by atoms with E-state index in [0.29, 0.717) is 19.6 Å². The standard InChI is InChI=1S/C14H15NO3S/c16-11(2-4-14-15-5-8-19-14)10-1-3-12-13(9-10)18-7-6-17-12/h1,3,5,8-9,11,16H,2,4,6-7H2. The highest BCUT2D eigenvalue weighted by molar-refractivity contribution is 7.09. The normalized spacial score (nSPS) is 15.2. The van der Waals surface area contributed by atoms with Crippen molar-refractivity contribution < 1.29 is 14.6 Å². The monoisotopic (exact) mass is 277 g/mol. The summed E-state index contributed by atoms with van der Waals surface area (Å²) in [6.45, 7) is 1.14. The first-order valence-corrected chi connectivity index (χ1v) is 7.17. The van der Waals surface area contributed by atoms with Gasteiger partial charge in [-0.25, -0.2) is 4.98 Å². The molecule has 0 fully saturated rings. The minimum atomic E-state index is -0.500. The number of hydrogen-bond donors (Lipinski definition) is 1. The number of aryl methyl sites for hydroxylation is 1. The summed E-state index contributed by atoms with van der Waals surface area (Å²) in [7, 11) is 0. The second kappa shape index (κ2) is 5.59. The molecule has 0 spiro atoms. The Labute approximate surface area is 115 Å². The lowest BCUT2D eigenvalue weighted by molar-refractivity contribution is 0.159. The van der Waals surface area contributed by atoms with Crippen molar-refractivity contribution in [1.29, 1.82) is 0 Å². The van der Waals surface area contributed by atoms with Gasteiger partial charge in [-0.15, -0.1) is 11.3 Å². The summed E-state index contributed by atoms with van der Waals surface area (Å²) in [6.07, 6.45) is 2.73. The minimum absolute atomic E-state index is 0.500. The molecule has 0 saturated heterocycles. The van der Waals surface area contributed by atoms with Gasteiger partial charge >= 0.3 is 0 Å². The first-order valence-electron chi connectivity index (χ1n) is 6.29. The Bertz CT molecular complexity index is 542. The molecule has 1 unspecified atom stereocenters. The van der Waals surface area contributed by atoms with Gasteiger partial charge in [0.05, 0.1) is 11.1 Å². The molecule has 1 aromatic carbocycles. The molecule has 4 nitrogen and oxygen atoms in total. The molecule has 2 heterocycles. The van der Waals surface area contributed by atoms with Crippen LogP contribution < -0.4 is 9.47 Å². The Morgan fingerprint density at radius 2 is 2.11 bits per heavy atom. The molecule has 1 N–H and O–H groups in total. The van der Waals surface area contributed by atoms with Gasteiger partial charge in [0, 0.05) is 18.0 Å². The minimum Gasteiger partial charge on any atom is -0.486 e. The molecule has 0 saturated carbocycles. The zero-order valence-electron chi connectivity index (χ0n) is 10.4. The number of aliphatic hydroxyl groups excluding tert-OH is 1. The van der Waals surface area contributed by atoms with Crippen molar-refractivity contribution in [3.63, 3.8) is 0 Å². The van der Waals surface area contributed by atoms with Gasteiger partial charge in [-0.1, -0.05) is 6.07 Å². The van der Waals surface area contributed by atoms with Crippen LogP contribution in [0.5, 0.6) is 11.5 Å². The lowest BCUT2D eigenvalue weighted by atomic mass is 10.0. The molecule has 3 rings (SSSR count). The molecule has 1 aromatic heterocycles. The van der Waals surface area contributed by atoms with Crippen molar-refractivity contribution in [2.45, 2.75) is 18.9 Å². The van der Waals surface area contributed by atoms with Crippen LogP contribution in [0.1, 0.15) is 23.1 Å². The lowest BCUT2D eigenvalue weighted by Gasteiger charge is -2.20. The third-order valence-electron chi connectivity index (χ3n) is 3.07. The van der Waals surface area contributed by atoms with Crippen LogP contribution in [0.3, 0.4) is 0 Å². The van der Waals surface area contributed by atoms with Crippen molar-refractivity contribution in [3.05, 3.63) is 40.3 Å². The largest absolute Gasteiger partial charge is 0.486 e. The SMILES string of the molecule is OC(CCc1nccs1)c1ccc2c(c1)OCCO2. The van der Waals surface area contributed by atoms with Crippen LogP contribution in [-0.2, 0) is 6.42 Å². The van der Waals surface area contributed by atoms with Crippen molar-refractivity contribution in [1.82, 2.24) is 4.98 Å². The van der Waals surface area contributed by atoms with E-state index in [0.717, 1.165) is 28.5 Å². The number of nitrogens with zero attached hydrogens (tertiary/aromatic N) is 1. The highest BCUT2D eigenvalue weighted by atomic mass is 32.1. The molecular formula is C14H15NO3S. The number of benzene rings is 1. The molecule has 2 aromatic rings. The van der Waals surface area contributed by atoms with Crippen LogP contribution in [-0.4, -0.2) is 23.3 Å². The lowest BCUT2D eigenvalue weighted by Crippen LogP contribution is -2.15. The summed E-state index contributed by atoms with van der Waals surface area (Å²) in [5.41, 5.74) is 0.862. The van der Waals surface area contributed by atoms with Gasteiger partial charge in [0.2, 0.25) is 0 Å². The Hall–Kier alpha value is -1.59. The fourth-order valence-electron chi connectivity index (χ4n) is 2.07. The first kappa shape index (κ1) is 12.4. The third kappa shape index (κ3) is 2.88. The molecule has 0 amide bonds. The number of ether oxygens (including phenoxy) is 2. The van der Waals surface area contributed by atoms with E-state index in [1.165, 1.54) is 0 Å². The highest BCUT2D eigenvalue weighted by Gasteiger charge is 2.15. The summed E-state index contributed by atoms with van der Waals surface area (Å²) in [5, 5.41) is 13.2. The average Bonchev–Trinajstić information content (AvgIpc) is 2.97. The maximum absolute atomic E-state index is 10.2. The number of hydrogen-bond acceptors (Lipinski definition) is 5. The third-order valence-corrected chi connectivity index (χ3v) is 3.91. The summed E-state index contributed by atoms with van der Waals surface area (Å²) in [4.78, 5) is 4.21. The molecule has 5 heteroatoms. The molecule has 1 aliphatic heterocycles. The molecule has 1 atom stereocenters. The quantitative estimate of drug-likeness (QED) is 0.933. The van der Waals surface area contributed by atoms with Crippen LogP contribution in [0.2, 0.25) is 0 Å². The van der Waals surface area contributed by atoms with Crippen molar-refractivity contribution in [2.75, 3.05) is 13.2 Å². The molecule has 100 valence electrons. The van der Waals surface area contributed by atoms with E-state index in [-0.39, 0.29) is 0 Å². The molecule has 0 bridgehead atoms. The Balaban J connectivity index is 1.67. The van der Waals surface area contributed by atoms with Gasteiger partial charge in [0.15, 0.2) is 11.5 Å². The van der Waals surface area contributed by atoms with Gasteiger partial charge in [0.25, 0.3) is 0 Å². The van der Waals surface area contributed by atoms with Gasteiger partial charge in [-0.2, -0.15) is 0 Å². The zero-order chi connectivity index (χ0) is 13.1. The predicted octanol–water partition coefficient (Wildman–Crippen LogP) is 2.58. The van der Waals surface area contributed by atoms with Gasteiger partial charge in [-0.3, -0.25) is 0 Å². The Morgan fingerprint density at radius 1 is 1.26 bits per heavy atom. The van der Waals surface area contributed by atoms with Gasteiger partial charge in [-0.05, 0) is 24.1 Å². The van der Waals surface area contributed by atoms with Crippen molar-refractivity contribution >= 4 is 11.3 Å². The average molecular weight is 277 g/mol. The molecular weight excluding hydrogens is 262 g/mol. The van der Waals surface area contributed by atoms with Crippen molar-refractivity contribution in [3.8, 4) is 11.5 Å². The van der Waals surface area contributed by atoms with Crippen LogP contribution in [0.25, 0.3) is 0 Å². The van der Waals surface area contributed by atoms with Gasteiger partial charge < -0.3 is 14.6 Å². The maximum atomic E-state index is 10.2. The smallest absolute Gasteiger partial charge is 0.161 e. The summed E-state index contributed by atoms with van der Waals surface area (Å²) < 4.78 is 11.0. The summed E-state index contributed by atoms with van der Waals surface area (Å²) in [6, 6.07) is 5.61. The number of aromatic nitrogens is 1. The number of rotatable bonds is 4. The van der Waals surface area contributed by atoms with E-state index in [4.69, 9.17) is 9.47 Å². The van der Waals surface area contributed by atoms with Crippen molar-refractivity contribution in [2.24, 2.45) is 0 Å². The second-order valence-electron chi connectivity index (χ2n) is 4.38. The Kier molecular flexibility index (Phi) is 3.66. The topological polar surface area (TPSA) is 51.6 Å². The van der Waals surface area contributed by atoms with E-state index < -0.39 is 6.10 Å². The van der Waals surface area contributed by atoms with Gasteiger partial charge in [0.1, 0.15) is 13.2 Å². The summed E-state index contributed by atoms with van der Waals surface area (Å²) in [5.74, 6) is 1.47. The van der Waals surface area contributed by atoms with E-state index in [1.54, 1.807) is 17.5 Å². The van der Waals surface area contributed by atoms with E-state index in [2.05, 4.69) is 4.98 Å². The Morgan fingerprint density at radius 3 is 2.89 bits per heavy atom. The highest BCUT2D eigenvalue weighted by Crippen LogP contribution is 2.33. The number of aliphatic hydroxyl groups is 1. The predicted molar refractivity (Wildman–Crippen MR) is 72.8 cm³/mol. The van der Waals surface area contributed by atoms with E-state index in [1.807, 2.05) is 23.6 Å². The first-order chi connectivity index (χ1) is 9.33.